The van der Waals surface area contributed by atoms with E-state index in [1.807, 2.05) is 30.3 Å². The summed E-state index contributed by atoms with van der Waals surface area (Å²) in [4.78, 5) is 11.0. The largest absolute Gasteiger partial charge is 0.444 e. The molecule has 2 nitrogen and oxygen atoms in total. The van der Waals surface area contributed by atoms with Gasteiger partial charge in [-0.25, -0.2) is 0 Å². The number of benzene rings is 1. The molecule has 2 heteroatoms. The van der Waals surface area contributed by atoms with Crippen molar-refractivity contribution >= 4 is 5.97 Å². The number of hydrogen-bond donors (Lipinski definition) is 0. The molecular weight excluding hydrogens is 212 g/mol. The van der Waals surface area contributed by atoms with Gasteiger partial charge in [0.25, 0.3) is 0 Å². The fourth-order valence-corrected chi connectivity index (χ4v) is 1.40. The van der Waals surface area contributed by atoms with E-state index in [4.69, 9.17) is 4.74 Å². The molecule has 0 N–H and O–H groups in total. The Bertz CT molecular complexity index is 398. The van der Waals surface area contributed by atoms with Crippen LogP contribution in [0.2, 0.25) is 0 Å². The lowest BCUT2D eigenvalue weighted by Crippen LogP contribution is -2.06. The number of unbranched alkanes of at least 4 members (excludes halogenated alkanes) is 2. The molecule has 0 aliphatic heterocycles. The quantitative estimate of drug-likeness (QED) is 0.449. The Morgan fingerprint density at radius 2 is 2.06 bits per heavy atom. The summed E-state index contributed by atoms with van der Waals surface area (Å²) in [6.45, 7) is 3.53. The van der Waals surface area contributed by atoms with Crippen molar-refractivity contribution in [3.05, 3.63) is 35.9 Å². The second-order valence-corrected chi connectivity index (χ2v) is 3.82. The van der Waals surface area contributed by atoms with E-state index >= 15 is 0 Å². The molecule has 1 atom stereocenters. The highest BCUT2D eigenvalue weighted by Crippen LogP contribution is 2.16. The van der Waals surface area contributed by atoms with E-state index in [1.165, 1.54) is 6.92 Å². The maximum absolute atomic E-state index is 11.0. The molecule has 0 aromatic heterocycles. The molecule has 1 aromatic carbocycles. The Kier molecular flexibility index (Phi) is 5.88. The predicted molar refractivity (Wildman–Crippen MR) is 68.3 cm³/mol. The van der Waals surface area contributed by atoms with E-state index in [1.54, 1.807) is 0 Å². The van der Waals surface area contributed by atoms with Crippen LogP contribution in [0.4, 0.5) is 0 Å². The van der Waals surface area contributed by atoms with Crippen molar-refractivity contribution in [2.75, 3.05) is 0 Å². The van der Waals surface area contributed by atoms with Crippen molar-refractivity contribution in [2.24, 2.45) is 0 Å². The minimum Gasteiger partial charge on any atom is -0.444 e. The summed E-state index contributed by atoms with van der Waals surface area (Å²) in [6.07, 6.45) is 2.61. The second-order valence-electron chi connectivity index (χ2n) is 3.82. The molecule has 0 saturated heterocycles. The summed E-state index contributed by atoms with van der Waals surface area (Å²) in [5, 5.41) is 0. The lowest BCUT2D eigenvalue weighted by atomic mass is 10.1. The number of carbonyl (C=O) groups excluding carboxylic acids is 1. The first-order chi connectivity index (χ1) is 8.24. The van der Waals surface area contributed by atoms with Gasteiger partial charge in [0.15, 0.2) is 6.10 Å². The molecule has 1 rings (SSSR count). The molecule has 1 aromatic rings. The average molecular weight is 230 g/mol. The zero-order valence-electron chi connectivity index (χ0n) is 10.4. The summed E-state index contributed by atoms with van der Waals surface area (Å²) < 4.78 is 5.20. The van der Waals surface area contributed by atoms with Crippen LogP contribution in [-0.2, 0) is 9.53 Å². The third-order valence-electron chi connectivity index (χ3n) is 2.27. The van der Waals surface area contributed by atoms with Crippen LogP contribution in [-0.4, -0.2) is 5.97 Å². The van der Waals surface area contributed by atoms with Gasteiger partial charge in [-0.15, -0.1) is 0 Å². The minimum atomic E-state index is -0.439. The van der Waals surface area contributed by atoms with Crippen LogP contribution in [0.1, 0.15) is 44.8 Å². The molecule has 0 fully saturated rings. The highest BCUT2D eigenvalue weighted by molar-refractivity contribution is 5.66. The van der Waals surface area contributed by atoms with Crippen molar-refractivity contribution in [3.63, 3.8) is 0 Å². The van der Waals surface area contributed by atoms with Crippen LogP contribution in [0.3, 0.4) is 0 Å². The van der Waals surface area contributed by atoms with E-state index in [0.29, 0.717) is 0 Å². The first-order valence-electron chi connectivity index (χ1n) is 5.94. The van der Waals surface area contributed by atoms with E-state index in [-0.39, 0.29) is 5.97 Å². The van der Waals surface area contributed by atoms with Gasteiger partial charge in [-0.2, -0.15) is 0 Å². The summed E-state index contributed by atoms with van der Waals surface area (Å²) in [5.74, 6) is 5.77. The van der Waals surface area contributed by atoms with Gasteiger partial charge in [-0.05, 0) is 6.42 Å². The predicted octanol–water partition coefficient (Wildman–Crippen LogP) is 3.48. The summed E-state index contributed by atoms with van der Waals surface area (Å²) in [6, 6.07) is 9.60. The first-order valence-corrected chi connectivity index (χ1v) is 5.94. The fourth-order valence-electron chi connectivity index (χ4n) is 1.40. The van der Waals surface area contributed by atoms with Crippen LogP contribution in [0.15, 0.2) is 30.3 Å². The van der Waals surface area contributed by atoms with E-state index < -0.39 is 6.10 Å². The van der Waals surface area contributed by atoms with Crippen molar-refractivity contribution in [2.45, 2.75) is 39.2 Å². The molecule has 0 unspecified atom stereocenters. The Morgan fingerprint density at radius 3 is 2.65 bits per heavy atom. The third kappa shape index (κ3) is 5.21. The molecule has 0 spiro atoms. The Morgan fingerprint density at radius 1 is 1.35 bits per heavy atom. The van der Waals surface area contributed by atoms with Gasteiger partial charge in [0.2, 0.25) is 0 Å². The average Bonchev–Trinajstić information content (AvgIpc) is 2.34. The van der Waals surface area contributed by atoms with Gasteiger partial charge >= 0.3 is 5.97 Å². The summed E-state index contributed by atoms with van der Waals surface area (Å²) >= 11 is 0. The highest BCUT2D eigenvalue weighted by Gasteiger charge is 2.10. The Labute approximate surface area is 103 Å². The monoisotopic (exact) mass is 230 g/mol. The van der Waals surface area contributed by atoms with Crippen LogP contribution in [0.5, 0.6) is 0 Å². The summed E-state index contributed by atoms with van der Waals surface area (Å²) in [7, 11) is 0. The van der Waals surface area contributed by atoms with Crippen molar-refractivity contribution in [3.8, 4) is 11.8 Å². The number of carbonyl (C=O) groups is 1. The lowest BCUT2D eigenvalue weighted by Gasteiger charge is -2.10. The van der Waals surface area contributed by atoms with E-state index in [0.717, 1.165) is 24.8 Å². The molecule has 0 saturated carbocycles. The van der Waals surface area contributed by atoms with Crippen molar-refractivity contribution in [1.82, 2.24) is 0 Å². The minimum absolute atomic E-state index is 0.302. The Hall–Kier alpha value is -1.75. The summed E-state index contributed by atoms with van der Waals surface area (Å²) in [5.41, 5.74) is 0.923. The third-order valence-corrected chi connectivity index (χ3v) is 2.27. The van der Waals surface area contributed by atoms with Gasteiger partial charge in [0.1, 0.15) is 0 Å². The number of ether oxygens (including phenoxy) is 1. The molecule has 17 heavy (non-hydrogen) atoms. The van der Waals surface area contributed by atoms with Crippen molar-refractivity contribution in [1.29, 1.82) is 0 Å². The van der Waals surface area contributed by atoms with E-state index in [2.05, 4.69) is 18.8 Å². The lowest BCUT2D eigenvalue weighted by molar-refractivity contribution is -0.144. The number of hydrogen-bond acceptors (Lipinski definition) is 2. The molecule has 0 aliphatic rings. The number of esters is 1. The highest BCUT2D eigenvalue weighted by atomic mass is 16.5. The van der Waals surface area contributed by atoms with Gasteiger partial charge in [-0.1, -0.05) is 55.5 Å². The topological polar surface area (TPSA) is 26.3 Å². The van der Waals surface area contributed by atoms with Gasteiger partial charge in [0.05, 0.1) is 0 Å². The molecular formula is C15H18O2. The van der Waals surface area contributed by atoms with Crippen LogP contribution in [0.25, 0.3) is 0 Å². The first kappa shape index (κ1) is 13.3. The standard InChI is InChI=1S/C15H18O2/c1-3-4-5-9-12-15(17-13(2)16)14-10-7-6-8-11-14/h6-8,10-11,15H,3-5H2,1-2H3/t15-/m1/s1. The maximum atomic E-state index is 11.0. The van der Waals surface area contributed by atoms with Crippen LogP contribution < -0.4 is 0 Å². The van der Waals surface area contributed by atoms with E-state index in [9.17, 15) is 4.79 Å². The smallest absolute Gasteiger partial charge is 0.304 e. The molecule has 90 valence electrons. The van der Waals surface area contributed by atoms with Crippen LogP contribution >= 0.6 is 0 Å². The van der Waals surface area contributed by atoms with Gasteiger partial charge < -0.3 is 4.74 Å². The zero-order valence-corrected chi connectivity index (χ0v) is 10.4. The maximum Gasteiger partial charge on any atom is 0.304 e. The second kappa shape index (κ2) is 7.51. The SMILES string of the molecule is CCCCC#C[C@@H](OC(C)=O)c1ccccc1. The van der Waals surface area contributed by atoms with Crippen molar-refractivity contribution < 1.29 is 9.53 Å². The van der Waals surface area contributed by atoms with Gasteiger partial charge in [-0.3, -0.25) is 4.79 Å². The zero-order chi connectivity index (χ0) is 12.5. The molecule has 0 radical (unpaired) electrons. The molecule has 0 aliphatic carbocycles. The number of rotatable bonds is 4. The fraction of sp³-hybridized carbons (Fsp3) is 0.400. The van der Waals surface area contributed by atoms with Gasteiger partial charge in [0, 0.05) is 18.9 Å². The molecule has 0 bridgehead atoms. The molecule has 0 heterocycles. The van der Waals surface area contributed by atoms with Crippen LogP contribution in [0, 0.1) is 11.8 Å². The normalized spacial score (nSPS) is 11.2. The molecule has 0 amide bonds. The Balaban J connectivity index is 2.73.